The first-order chi connectivity index (χ1) is 11.9. The fourth-order valence-electron chi connectivity index (χ4n) is 4.11. The van der Waals surface area contributed by atoms with Crippen molar-refractivity contribution in [1.29, 1.82) is 0 Å². The molecular weight excluding hydrogens is 310 g/mol. The Hall–Kier alpha value is -2.10. The molecule has 4 nitrogen and oxygen atoms in total. The Kier molecular flexibility index (Phi) is 5.26. The van der Waals surface area contributed by atoms with Gasteiger partial charge in [0, 0.05) is 19.9 Å². The van der Waals surface area contributed by atoms with Gasteiger partial charge in [0.1, 0.15) is 5.82 Å². The van der Waals surface area contributed by atoms with E-state index >= 15 is 0 Å². The average Bonchev–Trinajstić information content (AvgIpc) is 2.96. The number of hydrogen-bond donors (Lipinski definition) is 2. The van der Waals surface area contributed by atoms with Gasteiger partial charge in [0.25, 0.3) is 0 Å². The molecule has 0 saturated carbocycles. The molecule has 2 N–H and O–H groups in total. The number of amides is 1. The minimum absolute atomic E-state index is 0.0537. The van der Waals surface area contributed by atoms with E-state index in [9.17, 15) is 4.79 Å². The summed E-state index contributed by atoms with van der Waals surface area (Å²) in [6.45, 7) is 9.14. The third-order valence-corrected chi connectivity index (χ3v) is 5.55. The maximum Gasteiger partial charge on any atom is 0.216 e. The Balaban J connectivity index is 1.77. The van der Waals surface area contributed by atoms with E-state index in [1.54, 1.807) is 6.92 Å². The molecule has 134 valence electrons. The summed E-state index contributed by atoms with van der Waals surface area (Å²) in [6, 6.07) is 8.20. The molecule has 3 unspecified atom stereocenters. The average molecular weight is 339 g/mol. The molecule has 0 saturated heterocycles. The van der Waals surface area contributed by atoms with Gasteiger partial charge in [-0.05, 0) is 49.1 Å². The van der Waals surface area contributed by atoms with Crippen molar-refractivity contribution in [3.05, 3.63) is 41.7 Å². The van der Waals surface area contributed by atoms with Gasteiger partial charge in [0.2, 0.25) is 5.91 Å². The molecule has 3 atom stereocenters. The number of hydrogen-bond acceptors (Lipinski definition) is 2. The lowest BCUT2D eigenvalue weighted by molar-refractivity contribution is -0.119. The Morgan fingerprint density at radius 1 is 1.36 bits per heavy atom. The largest absolute Gasteiger partial charge is 0.356 e. The molecule has 1 aliphatic rings. The van der Waals surface area contributed by atoms with Gasteiger partial charge >= 0.3 is 0 Å². The van der Waals surface area contributed by atoms with Gasteiger partial charge in [-0.25, -0.2) is 4.98 Å². The van der Waals surface area contributed by atoms with Gasteiger partial charge in [-0.2, -0.15) is 0 Å². The second-order valence-electron chi connectivity index (χ2n) is 7.76. The first-order valence-corrected chi connectivity index (χ1v) is 9.30. The van der Waals surface area contributed by atoms with Crippen LogP contribution in [0.15, 0.2) is 35.9 Å². The summed E-state index contributed by atoms with van der Waals surface area (Å²) in [5, 5.41) is 3.00. The predicted molar refractivity (Wildman–Crippen MR) is 102 cm³/mol. The lowest BCUT2D eigenvalue weighted by Gasteiger charge is -2.37. The third-order valence-electron chi connectivity index (χ3n) is 5.55. The lowest BCUT2D eigenvalue weighted by atomic mass is 9.70. The number of para-hydroxylation sites is 2. The molecule has 0 radical (unpaired) electrons. The number of H-pyrrole nitrogens is 1. The zero-order valence-electron chi connectivity index (χ0n) is 15.7. The fourth-order valence-corrected chi connectivity index (χ4v) is 4.11. The lowest BCUT2D eigenvalue weighted by Crippen LogP contribution is -2.36. The molecule has 0 fully saturated rings. The van der Waals surface area contributed by atoms with Crippen molar-refractivity contribution in [1.82, 2.24) is 15.3 Å². The Morgan fingerprint density at radius 3 is 2.80 bits per heavy atom. The maximum absolute atomic E-state index is 11.3. The molecule has 1 amide bonds. The summed E-state index contributed by atoms with van der Waals surface area (Å²) in [6.07, 6.45) is 4.49. The molecule has 4 heteroatoms. The van der Waals surface area contributed by atoms with Crippen LogP contribution in [-0.4, -0.2) is 22.4 Å². The monoisotopic (exact) mass is 339 g/mol. The number of carbonyl (C=O) groups is 1. The smallest absolute Gasteiger partial charge is 0.216 e. The van der Waals surface area contributed by atoms with Crippen LogP contribution in [-0.2, 0) is 11.2 Å². The van der Waals surface area contributed by atoms with Crippen molar-refractivity contribution < 1.29 is 4.79 Å². The summed E-state index contributed by atoms with van der Waals surface area (Å²) < 4.78 is 0. The van der Waals surface area contributed by atoms with Crippen molar-refractivity contribution in [3.8, 4) is 0 Å². The van der Waals surface area contributed by atoms with Crippen LogP contribution in [0, 0.1) is 23.7 Å². The molecule has 3 rings (SSSR count). The van der Waals surface area contributed by atoms with Gasteiger partial charge in [0.05, 0.1) is 11.0 Å². The molecule has 25 heavy (non-hydrogen) atoms. The molecule has 1 aromatic carbocycles. The summed E-state index contributed by atoms with van der Waals surface area (Å²) >= 11 is 0. The van der Waals surface area contributed by atoms with E-state index in [4.69, 9.17) is 4.98 Å². The predicted octanol–water partition coefficient (Wildman–Crippen LogP) is 4.10. The summed E-state index contributed by atoms with van der Waals surface area (Å²) in [4.78, 5) is 19.5. The molecule has 1 aromatic heterocycles. The highest BCUT2D eigenvalue weighted by Crippen LogP contribution is 2.38. The first kappa shape index (κ1) is 17.7. The van der Waals surface area contributed by atoms with Gasteiger partial charge in [0.15, 0.2) is 0 Å². The number of rotatable bonds is 5. The molecule has 0 spiro atoms. The normalized spacial score (nSPS) is 23.7. The van der Waals surface area contributed by atoms with E-state index in [-0.39, 0.29) is 5.91 Å². The van der Waals surface area contributed by atoms with Crippen molar-refractivity contribution in [2.75, 3.05) is 6.54 Å². The second-order valence-corrected chi connectivity index (χ2v) is 7.76. The van der Waals surface area contributed by atoms with E-state index < -0.39 is 0 Å². The van der Waals surface area contributed by atoms with E-state index in [1.807, 2.05) is 12.1 Å². The molecule has 1 heterocycles. The van der Waals surface area contributed by atoms with Crippen LogP contribution in [0.2, 0.25) is 0 Å². The number of nitrogens with zero attached hydrogens (tertiary/aromatic N) is 1. The van der Waals surface area contributed by atoms with Crippen molar-refractivity contribution in [2.24, 2.45) is 23.7 Å². The van der Waals surface area contributed by atoms with Crippen LogP contribution in [0.3, 0.4) is 0 Å². The topological polar surface area (TPSA) is 57.8 Å². The van der Waals surface area contributed by atoms with E-state index in [2.05, 4.69) is 49.3 Å². The third kappa shape index (κ3) is 4.12. The number of aromatic nitrogens is 2. The minimum Gasteiger partial charge on any atom is -0.356 e. The molecular formula is C21H29N3O. The Morgan fingerprint density at radius 2 is 2.12 bits per heavy atom. The standard InChI is InChI=1S/C21H29N3O/c1-13(2)18-10-16(14(3)9-17(18)12-22-15(4)25)11-21-23-19-7-5-6-8-20(19)24-21/h5-9,13,16-18H,10-12H2,1-4H3,(H,22,25)(H,23,24). The summed E-state index contributed by atoms with van der Waals surface area (Å²) in [5.74, 6) is 3.25. The zero-order valence-corrected chi connectivity index (χ0v) is 15.7. The highest BCUT2D eigenvalue weighted by Gasteiger charge is 2.32. The SMILES string of the molecule is CC(=O)NCC1C=C(C)C(Cc2nc3ccccc3[nH]2)CC1C(C)C. The van der Waals surface area contributed by atoms with E-state index in [1.165, 1.54) is 5.57 Å². The van der Waals surface area contributed by atoms with Crippen LogP contribution < -0.4 is 5.32 Å². The number of carbonyl (C=O) groups excluding carboxylic acids is 1. The fraction of sp³-hybridized carbons (Fsp3) is 0.524. The van der Waals surface area contributed by atoms with Crippen LogP contribution >= 0.6 is 0 Å². The number of fused-ring (bicyclic) bond motifs is 1. The minimum atomic E-state index is 0.0537. The number of imidazole rings is 1. The van der Waals surface area contributed by atoms with Crippen LogP contribution in [0.4, 0.5) is 0 Å². The summed E-state index contributed by atoms with van der Waals surface area (Å²) in [5.41, 5.74) is 3.57. The number of nitrogens with one attached hydrogen (secondary N) is 2. The first-order valence-electron chi connectivity index (χ1n) is 9.30. The quantitative estimate of drug-likeness (QED) is 0.806. The van der Waals surface area contributed by atoms with E-state index in [0.717, 1.165) is 36.2 Å². The van der Waals surface area contributed by atoms with Crippen molar-refractivity contribution in [2.45, 2.75) is 40.5 Å². The van der Waals surface area contributed by atoms with E-state index in [0.29, 0.717) is 23.7 Å². The molecule has 1 aliphatic carbocycles. The number of allylic oxidation sites excluding steroid dienone is 1. The van der Waals surface area contributed by atoms with Gasteiger partial charge in [-0.3, -0.25) is 4.79 Å². The maximum atomic E-state index is 11.3. The van der Waals surface area contributed by atoms with Gasteiger partial charge in [-0.15, -0.1) is 0 Å². The van der Waals surface area contributed by atoms with Gasteiger partial charge in [-0.1, -0.05) is 37.6 Å². The molecule has 0 aliphatic heterocycles. The Labute approximate surface area is 150 Å². The second kappa shape index (κ2) is 7.42. The highest BCUT2D eigenvalue weighted by molar-refractivity contribution is 5.74. The summed E-state index contributed by atoms with van der Waals surface area (Å²) in [7, 11) is 0. The number of aromatic amines is 1. The zero-order chi connectivity index (χ0) is 18.0. The van der Waals surface area contributed by atoms with Crippen LogP contribution in [0.25, 0.3) is 11.0 Å². The van der Waals surface area contributed by atoms with Crippen molar-refractivity contribution >= 4 is 16.9 Å². The van der Waals surface area contributed by atoms with Crippen molar-refractivity contribution in [3.63, 3.8) is 0 Å². The molecule has 2 aromatic rings. The highest BCUT2D eigenvalue weighted by atomic mass is 16.1. The van der Waals surface area contributed by atoms with Gasteiger partial charge < -0.3 is 10.3 Å². The number of benzene rings is 1. The van der Waals surface area contributed by atoms with Crippen LogP contribution in [0.1, 0.15) is 39.9 Å². The molecule has 0 bridgehead atoms. The van der Waals surface area contributed by atoms with Crippen LogP contribution in [0.5, 0.6) is 0 Å². The Bertz CT molecular complexity index is 741.